The van der Waals surface area contributed by atoms with Gasteiger partial charge in [0.1, 0.15) is 17.2 Å². The molecule has 94 valence electrons. The Hall–Kier alpha value is -2.13. The summed E-state index contributed by atoms with van der Waals surface area (Å²) in [5, 5.41) is 1.13. The SMILES string of the molecule is O=Cc1cc(Cl)ccc1-c1cc2cc(F)ccc2o1. The highest BCUT2D eigenvalue weighted by Gasteiger charge is 2.11. The molecule has 0 bridgehead atoms. The minimum absolute atomic E-state index is 0.327. The fourth-order valence-electron chi connectivity index (χ4n) is 2.00. The van der Waals surface area contributed by atoms with Crippen molar-refractivity contribution < 1.29 is 13.6 Å². The normalized spacial score (nSPS) is 10.8. The number of carbonyl (C=O) groups is 1. The Balaban J connectivity index is 2.21. The second kappa shape index (κ2) is 4.52. The van der Waals surface area contributed by atoms with Crippen molar-refractivity contribution in [3.05, 3.63) is 58.9 Å². The van der Waals surface area contributed by atoms with Crippen molar-refractivity contribution in [2.75, 3.05) is 0 Å². The molecule has 1 heterocycles. The van der Waals surface area contributed by atoms with Gasteiger partial charge in [-0.05, 0) is 42.5 Å². The standard InChI is InChI=1S/C15H8ClFO2/c16-11-1-3-13(10(5-11)8-18)15-7-9-6-12(17)2-4-14(9)19-15/h1-8H. The maximum Gasteiger partial charge on any atom is 0.150 e. The van der Waals surface area contributed by atoms with Crippen LogP contribution in [0.25, 0.3) is 22.3 Å². The summed E-state index contributed by atoms with van der Waals surface area (Å²) in [5.41, 5.74) is 1.64. The molecule has 0 saturated heterocycles. The van der Waals surface area contributed by atoms with E-state index in [-0.39, 0.29) is 5.82 Å². The van der Waals surface area contributed by atoms with Gasteiger partial charge in [-0.2, -0.15) is 0 Å². The molecule has 0 N–H and O–H groups in total. The van der Waals surface area contributed by atoms with Gasteiger partial charge in [0.2, 0.25) is 0 Å². The van der Waals surface area contributed by atoms with Gasteiger partial charge in [0.15, 0.2) is 6.29 Å². The second-order valence-electron chi connectivity index (χ2n) is 4.14. The van der Waals surface area contributed by atoms with E-state index in [9.17, 15) is 9.18 Å². The summed E-state index contributed by atoms with van der Waals surface area (Å²) in [6.07, 6.45) is 0.717. The van der Waals surface area contributed by atoms with Gasteiger partial charge in [-0.25, -0.2) is 4.39 Å². The Morgan fingerprint density at radius 2 is 1.95 bits per heavy atom. The lowest BCUT2D eigenvalue weighted by atomic mass is 10.1. The van der Waals surface area contributed by atoms with Gasteiger partial charge < -0.3 is 4.42 Å². The summed E-state index contributed by atoms with van der Waals surface area (Å²) in [6.45, 7) is 0. The highest BCUT2D eigenvalue weighted by Crippen LogP contribution is 2.31. The summed E-state index contributed by atoms with van der Waals surface area (Å²) in [6, 6.07) is 10.9. The van der Waals surface area contributed by atoms with Crippen LogP contribution in [0.2, 0.25) is 5.02 Å². The molecular formula is C15H8ClFO2. The summed E-state index contributed by atoms with van der Waals surface area (Å²) >= 11 is 5.84. The molecule has 1 aromatic heterocycles. The van der Waals surface area contributed by atoms with Gasteiger partial charge in [0.05, 0.1) is 0 Å². The number of halogens is 2. The summed E-state index contributed by atoms with van der Waals surface area (Å²) in [4.78, 5) is 11.1. The first kappa shape index (κ1) is 11.9. The van der Waals surface area contributed by atoms with Crippen LogP contribution in [0.5, 0.6) is 0 Å². The lowest BCUT2D eigenvalue weighted by Gasteiger charge is -2.01. The molecular weight excluding hydrogens is 267 g/mol. The number of hydrogen-bond donors (Lipinski definition) is 0. The van der Waals surface area contributed by atoms with Crippen LogP contribution in [-0.4, -0.2) is 6.29 Å². The number of benzene rings is 2. The molecule has 0 aliphatic rings. The van der Waals surface area contributed by atoms with Crippen molar-refractivity contribution in [2.24, 2.45) is 0 Å². The van der Waals surface area contributed by atoms with Crippen molar-refractivity contribution in [1.29, 1.82) is 0 Å². The molecule has 2 aromatic carbocycles. The number of hydrogen-bond acceptors (Lipinski definition) is 2. The molecule has 2 nitrogen and oxygen atoms in total. The van der Waals surface area contributed by atoms with Gasteiger partial charge in [0.25, 0.3) is 0 Å². The molecule has 3 rings (SSSR count). The van der Waals surface area contributed by atoms with E-state index in [0.717, 1.165) is 6.29 Å². The van der Waals surface area contributed by atoms with Crippen LogP contribution in [0.3, 0.4) is 0 Å². The van der Waals surface area contributed by atoms with Gasteiger partial charge in [0, 0.05) is 21.5 Å². The largest absolute Gasteiger partial charge is 0.456 e. The molecule has 0 aliphatic heterocycles. The van der Waals surface area contributed by atoms with Gasteiger partial charge in [-0.1, -0.05) is 11.6 Å². The molecule has 0 spiro atoms. The Kier molecular flexibility index (Phi) is 2.84. The fourth-order valence-corrected chi connectivity index (χ4v) is 2.18. The zero-order valence-electron chi connectivity index (χ0n) is 9.69. The van der Waals surface area contributed by atoms with E-state index < -0.39 is 0 Å². The summed E-state index contributed by atoms with van der Waals surface area (Å²) < 4.78 is 18.8. The number of aldehydes is 1. The first-order valence-electron chi connectivity index (χ1n) is 5.61. The zero-order valence-corrected chi connectivity index (χ0v) is 10.4. The molecule has 19 heavy (non-hydrogen) atoms. The second-order valence-corrected chi connectivity index (χ2v) is 4.58. The van der Waals surface area contributed by atoms with E-state index in [4.69, 9.17) is 16.0 Å². The Bertz CT molecular complexity index is 777. The molecule has 0 fully saturated rings. The van der Waals surface area contributed by atoms with Gasteiger partial charge >= 0.3 is 0 Å². The molecule has 3 aromatic rings. The van der Waals surface area contributed by atoms with E-state index >= 15 is 0 Å². The number of rotatable bonds is 2. The number of fused-ring (bicyclic) bond motifs is 1. The van der Waals surface area contributed by atoms with E-state index in [0.29, 0.717) is 32.9 Å². The molecule has 0 saturated carbocycles. The predicted octanol–water partition coefficient (Wildman–Crippen LogP) is 4.70. The first-order valence-corrected chi connectivity index (χ1v) is 5.99. The smallest absolute Gasteiger partial charge is 0.150 e. The third-order valence-electron chi connectivity index (χ3n) is 2.88. The summed E-state index contributed by atoms with van der Waals surface area (Å²) in [5.74, 6) is 0.186. The fraction of sp³-hybridized carbons (Fsp3) is 0. The van der Waals surface area contributed by atoms with Crippen LogP contribution >= 0.6 is 11.6 Å². The topological polar surface area (TPSA) is 30.2 Å². The van der Waals surface area contributed by atoms with Crippen LogP contribution in [0, 0.1) is 5.82 Å². The Morgan fingerprint density at radius 3 is 2.74 bits per heavy atom. The molecule has 0 unspecified atom stereocenters. The lowest BCUT2D eigenvalue weighted by Crippen LogP contribution is -1.85. The maximum atomic E-state index is 13.1. The van der Waals surface area contributed by atoms with Crippen LogP contribution < -0.4 is 0 Å². The van der Waals surface area contributed by atoms with E-state index in [1.54, 1.807) is 30.3 Å². The van der Waals surface area contributed by atoms with E-state index in [1.807, 2.05) is 0 Å². The van der Waals surface area contributed by atoms with Gasteiger partial charge in [-0.15, -0.1) is 0 Å². The average Bonchev–Trinajstić information content (AvgIpc) is 2.81. The minimum atomic E-state index is -0.327. The van der Waals surface area contributed by atoms with E-state index in [1.165, 1.54) is 12.1 Å². The molecule has 0 atom stereocenters. The van der Waals surface area contributed by atoms with Crippen molar-refractivity contribution in [1.82, 2.24) is 0 Å². The van der Waals surface area contributed by atoms with E-state index in [2.05, 4.69) is 0 Å². The van der Waals surface area contributed by atoms with Crippen LogP contribution in [0.4, 0.5) is 4.39 Å². The van der Waals surface area contributed by atoms with Crippen molar-refractivity contribution in [3.8, 4) is 11.3 Å². The van der Waals surface area contributed by atoms with Gasteiger partial charge in [-0.3, -0.25) is 4.79 Å². The number of carbonyl (C=O) groups excluding carboxylic acids is 1. The van der Waals surface area contributed by atoms with Crippen LogP contribution in [0.1, 0.15) is 10.4 Å². The number of furan rings is 1. The third-order valence-corrected chi connectivity index (χ3v) is 3.12. The van der Waals surface area contributed by atoms with Crippen molar-refractivity contribution >= 4 is 28.9 Å². The van der Waals surface area contributed by atoms with Crippen molar-refractivity contribution in [3.63, 3.8) is 0 Å². The lowest BCUT2D eigenvalue weighted by molar-refractivity contribution is 0.112. The quantitative estimate of drug-likeness (QED) is 0.634. The summed E-state index contributed by atoms with van der Waals surface area (Å²) in [7, 11) is 0. The monoisotopic (exact) mass is 274 g/mol. The average molecular weight is 275 g/mol. The maximum absolute atomic E-state index is 13.1. The highest BCUT2D eigenvalue weighted by molar-refractivity contribution is 6.31. The molecule has 0 amide bonds. The zero-order chi connectivity index (χ0) is 13.4. The molecule has 4 heteroatoms. The van der Waals surface area contributed by atoms with Crippen LogP contribution in [0.15, 0.2) is 46.9 Å². The van der Waals surface area contributed by atoms with Crippen LogP contribution in [-0.2, 0) is 0 Å². The minimum Gasteiger partial charge on any atom is -0.456 e. The molecule has 0 radical (unpaired) electrons. The molecule has 0 aliphatic carbocycles. The first-order chi connectivity index (χ1) is 9.17. The predicted molar refractivity (Wildman–Crippen MR) is 72.0 cm³/mol. The highest BCUT2D eigenvalue weighted by atomic mass is 35.5. The van der Waals surface area contributed by atoms with Crippen molar-refractivity contribution in [2.45, 2.75) is 0 Å². The third kappa shape index (κ3) is 2.13. The Morgan fingerprint density at radius 1 is 1.11 bits per heavy atom. The Labute approximate surface area is 113 Å².